The zero-order valence-corrected chi connectivity index (χ0v) is 9.42. The Morgan fingerprint density at radius 1 is 1.41 bits per heavy atom. The minimum Gasteiger partial charge on any atom is -0.398 e. The molecule has 5 heteroatoms. The second-order valence-electron chi connectivity index (χ2n) is 3.40. The van der Waals surface area contributed by atoms with Crippen LogP contribution >= 0.6 is 0 Å². The maximum atomic E-state index is 9.04. The Bertz CT molecular complexity index is 459. The summed E-state index contributed by atoms with van der Waals surface area (Å²) in [6.45, 7) is 1.12. The van der Waals surface area contributed by atoms with Gasteiger partial charge in [0.15, 0.2) is 12.0 Å². The van der Waals surface area contributed by atoms with Crippen LogP contribution < -0.4 is 0 Å². The van der Waals surface area contributed by atoms with Crippen LogP contribution in [0.1, 0.15) is 17.4 Å². The predicted molar refractivity (Wildman–Crippen MR) is 60.2 cm³/mol. The number of oxime groups is 1. The second-order valence-corrected chi connectivity index (χ2v) is 3.40. The molecule has 0 amide bonds. The van der Waals surface area contributed by atoms with Gasteiger partial charge in [-0.1, -0.05) is 29.4 Å². The molecule has 17 heavy (non-hydrogen) atoms. The highest BCUT2D eigenvalue weighted by Crippen LogP contribution is 2.26. The zero-order valence-electron chi connectivity index (χ0n) is 9.42. The quantitative estimate of drug-likeness (QED) is 0.586. The highest BCUT2D eigenvalue weighted by Gasteiger charge is 2.23. The molecule has 0 aromatic heterocycles. The van der Waals surface area contributed by atoms with Gasteiger partial charge in [0.1, 0.15) is 13.2 Å². The Morgan fingerprint density at radius 3 is 2.76 bits per heavy atom. The van der Waals surface area contributed by atoms with Crippen molar-refractivity contribution in [1.29, 1.82) is 5.26 Å². The number of nitrogens with zero attached hydrogens (tertiary/aromatic N) is 2. The summed E-state index contributed by atoms with van der Waals surface area (Å²) in [5, 5.41) is 12.7. The lowest BCUT2D eigenvalue weighted by Gasteiger charge is -2.12. The van der Waals surface area contributed by atoms with Crippen LogP contribution in [0.25, 0.3) is 0 Å². The third kappa shape index (κ3) is 2.44. The van der Waals surface area contributed by atoms with Crippen LogP contribution in [-0.2, 0) is 14.3 Å². The molecule has 1 heterocycles. The van der Waals surface area contributed by atoms with Gasteiger partial charge in [-0.15, -0.1) is 0 Å². The van der Waals surface area contributed by atoms with Gasteiger partial charge in [0.05, 0.1) is 13.2 Å². The molecule has 0 spiro atoms. The average Bonchev–Trinajstić information content (AvgIpc) is 2.90. The topological polar surface area (TPSA) is 63.8 Å². The average molecular weight is 232 g/mol. The molecule has 1 saturated heterocycles. The van der Waals surface area contributed by atoms with E-state index in [1.807, 2.05) is 24.3 Å². The van der Waals surface area contributed by atoms with E-state index in [-0.39, 0.29) is 5.71 Å². The van der Waals surface area contributed by atoms with E-state index in [9.17, 15) is 0 Å². The van der Waals surface area contributed by atoms with E-state index >= 15 is 0 Å². The molecule has 88 valence electrons. The third-order valence-electron chi connectivity index (χ3n) is 2.38. The normalized spacial score (nSPS) is 16.8. The van der Waals surface area contributed by atoms with Crippen LogP contribution in [0, 0.1) is 11.3 Å². The summed E-state index contributed by atoms with van der Waals surface area (Å²) in [5.74, 6) is 0. The van der Waals surface area contributed by atoms with Gasteiger partial charge in [-0.2, -0.15) is 5.26 Å². The molecule has 2 rings (SSSR count). The van der Waals surface area contributed by atoms with Crippen molar-refractivity contribution < 1.29 is 14.3 Å². The number of ether oxygens (including phenoxy) is 2. The summed E-state index contributed by atoms with van der Waals surface area (Å²) in [6.07, 6.45) is -0.429. The molecule has 1 aromatic carbocycles. The molecule has 5 nitrogen and oxygen atoms in total. The number of nitriles is 1. The molecule has 1 aromatic rings. The molecule has 0 atom stereocenters. The van der Waals surface area contributed by atoms with Crippen molar-refractivity contribution in [3.63, 3.8) is 0 Å². The minimum atomic E-state index is -0.429. The molecule has 1 aliphatic heterocycles. The van der Waals surface area contributed by atoms with Crippen molar-refractivity contribution in [3.8, 4) is 6.07 Å². The van der Waals surface area contributed by atoms with Crippen molar-refractivity contribution in [2.24, 2.45) is 5.16 Å². The largest absolute Gasteiger partial charge is 0.398 e. The Hall–Kier alpha value is -1.90. The standard InChI is InChI=1S/C12H12N2O3/c1-15-14-11(8-13)9-4-2-3-5-10(9)12-16-6-7-17-12/h2-5,12H,6-7H2,1H3. The van der Waals surface area contributed by atoms with Gasteiger partial charge in [0, 0.05) is 11.1 Å². The lowest BCUT2D eigenvalue weighted by Crippen LogP contribution is -2.08. The monoisotopic (exact) mass is 232 g/mol. The number of rotatable bonds is 3. The first-order valence-electron chi connectivity index (χ1n) is 5.20. The van der Waals surface area contributed by atoms with Crippen molar-refractivity contribution >= 4 is 5.71 Å². The Labute approximate surface area is 99.2 Å². The van der Waals surface area contributed by atoms with Gasteiger partial charge in [0.2, 0.25) is 0 Å². The van der Waals surface area contributed by atoms with Gasteiger partial charge in [-0.25, -0.2) is 0 Å². The fraction of sp³-hybridized carbons (Fsp3) is 0.333. The predicted octanol–water partition coefficient (Wildman–Crippen LogP) is 1.61. The molecule has 0 bridgehead atoms. The maximum Gasteiger partial charge on any atom is 0.187 e. The van der Waals surface area contributed by atoms with Crippen LogP contribution in [0.3, 0.4) is 0 Å². The lowest BCUT2D eigenvalue weighted by atomic mass is 10.0. The van der Waals surface area contributed by atoms with Gasteiger partial charge in [-0.3, -0.25) is 0 Å². The van der Waals surface area contributed by atoms with E-state index in [1.54, 1.807) is 6.07 Å². The van der Waals surface area contributed by atoms with E-state index in [2.05, 4.69) is 9.99 Å². The molecule has 0 N–H and O–H groups in total. The van der Waals surface area contributed by atoms with Crippen LogP contribution in [0.15, 0.2) is 29.4 Å². The van der Waals surface area contributed by atoms with Gasteiger partial charge in [0.25, 0.3) is 0 Å². The SMILES string of the molecule is CON=C(C#N)c1ccccc1C1OCCO1. The van der Waals surface area contributed by atoms with Crippen molar-refractivity contribution in [2.45, 2.75) is 6.29 Å². The van der Waals surface area contributed by atoms with Crippen molar-refractivity contribution in [1.82, 2.24) is 0 Å². The summed E-state index contributed by atoms with van der Waals surface area (Å²) in [5.41, 5.74) is 1.67. The molecule has 0 saturated carbocycles. The number of hydrogen-bond acceptors (Lipinski definition) is 5. The van der Waals surface area contributed by atoms with E-state index in [1.165, 1.54) is 7.11 Å². The molecular weight excluding hydrogens is 220 g/mol. The molecule has 0 radical (unpaired) electrons. The third-order valence-corrected chi connectivity index (χ3v) is 2.38. The Kier molecular flexibility index (Phi) is 3.70. The molecular formula is C12H12N2O3. The molecule has 1 aliphatic rings. The smallest absolute Gasteiger partial charge is 0.187 e. The van der Waals surface area contributed by atoms with Gasteiger partial charge < -0.3 is 14.3 Å². The van der Waals surface area contributed by atoms with Crippen molar-refractivity contribution in [2.75, 3.05) is 20.3 Å². The zero-order chi connectivity index (χ0) is 12.1. The first kappa shape index (κ1) is 11.6. The number of hydrogen-bond donors (Lipinski definition) is 0. The second kappa shape index (κ2) is 5.43. The van der Waals surface area contributed by atoms with Crippen LogP contribution in [0.2, 0.25) is 0 Å². The first-order valence-corrected chi connectivity index (χ1v) is 5.20. The van der Waals surface area contributed by atoms with Gasteiger partial charge in [-0.05, 0) is 0 Å². The van der Waals surface area contributed by atoms with E-state index in [4.69, 9.17) is 14.7 Å². The highest BCUT2D eigenvalue weighted by molar-refractivity contribution is 6.12. The van der Waals surface area contributed by atoms with Gasteiger partial charge >= 0.3 is 0 Å². The summed E-state index contributed by atoms with van der Waals surface area (Å²) in [4.78, 5) is 4.65. The summed E-state index contributed by atoms with van der Waals surface area (Å²) >= 11 is 0. The van der Waals surface area contributed by atoms with Crippen molar-refractivity contribution in [3.05, 3.63) is 35.4 Å². The number of benzene rings is 1. The van der Waals surface area contributed by atoms with Crippen LogP contribution in [0.4, 0.5) is 0 Å². The summed E-state index contributed by atoms with van der Waals surface area (Å²) < 4.78 is 10.9. The maximum absolute atomic E-state index is 9.04. The molecule has 0 unspecified atom stereocenters. The van der Waals surface area contributed by atoms with E-state index in [0.717, 1.165) is 5.56 Å². The van der Waals surface area contributed by atoms with E-state index < -0.39 is 6.29 Å². The summed E-state index contributed by atoms with van der Waals surface area (Å²) in [7, 11) is 1.41. The highest BCUT2D eigenvalue weighted by atomic mass is 16.7. The fourth-order valence-electron chi connectivity index (χ4n) is 1.68. The fourth-order valence-corrected chi connectivity index (χ4v) is 1.68. The Morgan fingerprint density at radius 2 is 2.12 bits per heavy atom. The molecule has 1 fully saturated rings. The van der Waals surface area contributed by atoms with Crippen LogP contribution in [-0.4, -0.2) is 26.0 Å². The summed E-state index contributed by atoms with van der Waals surface area (Å²) in [6, 6.07) is 9.34. The molecule has 0 aliphatic carbocycles. The van der Waals surface area contributed by atoms with Crippen LogP contribution in [0.5, 0.6) is 0 Å². The first-order chi connectivity index (χ1) is 8.36. The minimum absolute atomic E-state index is 0.210. The lowest BCUT2D eigenvalue weighted by molar-refractivity contribution is -0.0442. The van der Waals surface area contributed by atoms with E-state index in [0.29, 0.717) is 18.8 Å². The Balaban J connectivity index is 2.39.